The van der Waals surface area contributed by atoms with Crippen molar-refractivity contribution in [2.24, 2.45) is 0 Å². The first-order valence-corrected chi connectivity index (χ1v) is 15.0. The van der Waals surface area contributed by atoms with Crippen LogP contribution in [0.1, 0.15) is 64.2 Å². The Bertz CT molecular complexity index is 1940. The summed E-state index contributed by atoms with van der Waals surface area (Å²) >= 11 is 0. The van der Waals surface area contributed by atoms with Crippen LogP contribution in [0.3, 0.4) is 0 Å². The highest BCUT2D eigenvalue weighted by molar-refractivity contribution is 5.91. The van der Waals surface area contributed by atoms with Crippen molar-refractivity contribution >= 4 is 22.9 Å². The maximum Gasteiger partial charge on any atom is 0.410 e. The summed E-state index contributed by atoms with van der Waals surface area (Å²) in [7, 11) is 0. The van der Waals surface area contributed by atoms with Crippen molar-refractivity contribution in [1.29, 1.82) is 5.26 Å². The van der Waals surface area contributed by atoms with Crippen LogP contribution >= 0.6 is 0 Å². The molecule has 2 aromatic carbocycles. The number of carbonyl (C=O) groups is 1. The van der Waals surface area contributed by atoms with Crippen LogP contribution < -0.4 is 10.6 Å². The summed E-state index contributed by atoms with van der Waals surface area (Å²) in [4.78, 5) is 39.2. The zero-order chi connectivity index (χ0) is 33.7. The molecule has 240 valence electrons. The number of nitriles is 1. The molecule has 1 amide bonds. The van der Waals surface area contributed by atoms with E-state index in [-0.39, 0.29) is 48.4 Å². The third-order valence-electron chi connectivity index (χ3n) is 7.89. The minimum absolute atomic E-state index is 0.00877. The van der Waals surface area contributed by atoms with Crippen LogP contribution in [-0.4, -0.2) is 61.9 Å². The van der Waals surface area contributed by atoms with Gasteiger partial charge in [0.05, 0.1) is 28.3 Å². The summed E-state index contributed by atoms with van der Waals surface area (Å²) in [6.07, 6.45) is -0.466. The number of benzene rings is 2. The van der Waals surface area contributed by atoms with Crippen molar-refractivity contribution in [3.63, 3.8) is 0 Å². The second-order valence-corrected chi connectivity index (χ2v) is 12.8. The lowest BCUT2D eigenvalue weighted by molar-refractivity contribution is 0.0218. The van der Waals surface area contributed by atoms with Gasteiger partial charge in [0, 0.05) is 25.7 Å². The third-order valence-corrected chi connectivity index (χ3v) is 7.89. The molecule has 0 unspecified atom stereocenters. The Morgan fingerprint density at radius 2 is 1.85 bits per heavy atom. The van der Waals surface area contributed by atoms with Gasteiger partial charge in [-0.3, -0.25) is 0 Å². The highest BCUT2D eigenvalue weighted by Crippen LogP contribution is 2.37. The Morgan fingerprint density at radius 1 is 1.13 bits per heavy atom. The number of rotatable bonds is 4. The molecule has 2 aromatic heterocycles. The molecular formula is C34H36F2N6O4. The van der Waals surface area contributed by atoms with E-state index in [4.69, 9.17) is 4.74 Å². The molecule has 3 heterocycles. The molecule has 0 radical (unpaired) electrons. The van der Waals surface area contributed by atoms with E-state index in [9.17, 15) is 20.0 Å². The average molecular weight is 631 g/mol. The number of pyridine rings is 1. The van der Waals surface area contributed by atoms with E-state index in [2.05, 4.69) is 16.0 Å². The van der Waals surface area contributed by atoms with E-state index >= 15 is 8.78 Å². The molecule has 0 saturated carbocycles. The number of ether oxygens (including phenoxy) is 1. The molecule has 0 spiro atoms. The first-order chi connectivity index (χ1) is 21.6. The minimum atomic E-state index is -0.929. The zero-order valence-electron chi connectivity index (χ0n) is 26.9. The summed E-state index contributed by atoms with van der Waals surface area (Å²) in [5.41, 5.74) is -0.254. The highest BCUT2D eigenvalue weighted by Gasteiger charge is 2.33. The van der Waals surface area contributed by atoms with Gasteiger partial charge in [0.15, 0.2) is 11.5 Å². The maximum atomic E-state index is 16.0. The van der Waals surface area contributed by atoms with Crippen LogP contribution in [0.4, 0.5) is 19.4 Å². The summed E-state index contributed by atoms with van der Waals surface area (Å²) in [5, 5.41) is 20.3. The number of hydrogen-bond acceptors (Lipinski definition) is 8. The predicted molar refractivity (Wildman–Crippen MR) is 170 cm³/mol. The Morgan fingerprint density at radius 3 is 2.46 bits per heavy atom. The Labute approximate surface area is 265 Å². The van der Waals surface area contributed by atoms with Gasteiger partial charge in [-0.15, -0.1) is 0 Å². The number of fused-ring (bicyclic) bond motifs is 1. The number of halogens is 2. The Balaban J connectivity index is 1.77. The number of aromatic hydroxyl groups is 1. The van der Waals surface area contributed by atoms with Gasteiger partial charge in [-0.05, 0) is 82.0 Å². The second-order valence-electron chi connectivity index (χ2n) is 12.8. The molecule has 1 atom stereocenters. The van der Waals surface area contributed by atoms with Crippen LogP contribution in [0.15, 0.2) is 41.2 Å². The predicted octanol–water partition coefficient (Wildman–Crippen LogP) is 6.18. The van der Waals surface area contributed by atoms with Gasteiger partial charge in [0.2, 0.25) is 0 Å². The number of hydrogen-bond donors (Lipinski definition) is 1. The zero-order valence-corrected chi connectivity index (χ0v) is 26.9. The van der Waals surface area contributed by atoms with Gasteiger partial charge in [0.25, 0.3) is 0 Å². The quantitative estimate of drug-likeness (QED) is 0.284. The van der Waals surface area contributed by atoms with Crippen LogP contribution in [0.5, 0.6) is 5.75 Å². The molecule has 10 nitrogen and oxygen atoms in total. The molecule has 0 aliphatic carbocycles. The van der Waals surface area contributed by atoms with Gasteiger partial charge >= 0.3 is 11.8 Å². The van der Waals surface area contributed by atoms with Gasteiger partial charge in [-0.2, -0.15) is 10.2 Å². The van der Waals surface area contributed by atoms with Crippen molar-refractivity contribution in [1.82, 2.24) is 19.4 Å². The molecule has 1 aliphatic heterocycles. The van der Waals surface area contributed by atoms with E-state index in [1.165, 1.54) is 16.7 Å². The number of aromatic nitrogens is 3. The topological polar surface area (TPSA) is 125 Å². The number of carbonyl (C=O) groups excluding carboxylic acids is 1. The van der Waals surface area contributed by atoms with Gasteiger partial charge < -0.3 is 19.6 Å². The number of phenols is 1. The molecule has 1 fully saturated rings. The van der Waals surface area contributed by atoms with Crippen molar-refractivity contribution in [2.75, 3.05) is 24.5 Å². The number of piperazine rings is 1. The number of aryl methyl sites for hydroxylation is 1. The standard InChI is InChI=1S/C34H36F2N6O4/c1-18(2)22-14-21(16-37)13-19(3)29(22)42-31-23(15-25(36)28(38-31)27-24(35)9-8-10-26(27)43)30(39-32(42)44)41-12-11-40(17-20(41)4)33(45)46-34(5,6)7/h8-10,13-15,18,20,43H,11-12,17H2,1-7H3/t20-/m0/s1. The Kier molecular flexibility index (Phi) is 8.47. The van der Waals surface area contributed by atoms with E-state index in [1.807, 2.05) is 25.7 Å². The average Bonchev–Trinajstić information content (AvgIpc) is 2.96. The fourth-order valence-electron chi connectivity index (χ4n) is 5.83. The first kappa shape index (κ1) is 32.3. The third kappa shape index (κ3) is 5.97. The lowest BCUT2D eigenvalue weighted by Gasteiger charge is -2.41. The number of nitrogens with zero attached hydrogens (tertiary/aromatic N) is 6. The van der Waals surface area contributed by atoms with E-state index < -0.39 is 46.0 Å². The molecule has 5 rings (SSSR count). The fraction of sp³-hybridized carbons (Fsp3) is 0.382. The molecule has 4 aromatic rings. The van der Waals surface area contributed by atoms with Crippen molar-refractivity contribution in [3.8, 4) is 28.8 Å². The maximum absolute atomic E-state index is 16.0. The monoisotopic (exact) mass is 630 g/mol. The van der Waals surface area contributed by atoms with Gasteiger partial charge in [-0.25, -0.2) is 27.9 Å². The van der Waals surface area contributed by atoms with Crippen LogP contribution in [-0.2, 0) is 4.74 Å². The normalized spacial score (nSPS) is 15.4. The molecule has 12 heteroatoms. The summed E-state index contributed by atoms with van der Waals surface area (Å²) in [6.45, 7) is 13.6. The molecule has 0 bridgehead atoms. The lowest BCUT2D eigenvalue weighted by atomic mass is 9.95. The Hall–Kier alpha value is -5.05. The van der Waals surface area contributed by atoms with Crippen LogP contribution in [0, 0.1) is 29.9 Å². The molecular weight excluding hydrogens is 594 g/mol. The van der Waals surface area contributed by atoms with Crippen LogP contribution in [0.25, 0.3) is 28.0 Å². The minimum Gasteiger partial charge on any atom is -0.507 e. The lowest BCUT2D eigenvalue weighted by Crippen LogP contribution is -2.55. The van der Waals surface area contributed by atoms with Gasteiger partial charge in [-0.1, -0.05) is 19.9 Å². The van der Waals surface area contributed by atoms with Gasteiger partial charge in [0.1, 0.15) is 28.7 Å². The number of phenolic OH excluding ortho intramolecular Hbond substituents is 1. The highest BCUT2D eigenvalue weighted by atomic mass is 19.1. The molecule has 46 heavy (non-hydrogen) atoms. The molecule has 1 aliphatic rings. The van der Waals surface area contributed by atoms with Crippen molar-refractivity contribution < 1.29 is 23.4 Å². The van der Waals surface area contributed by atoms with E-state index in [0.29, 0.717) is 22.4 Å². The van der Waals surface area contributed by atoms with Crippen molar-refractivity contribution in [2.45, 2.75) is 66.0 Å². The second kappa shape index (κ2) is 12.0. The van der Waals surface area contributed by atoms with E-state index in [0.717, 1.165) is 12.1 Å². The smallest absolute Gasteiger partial charge is 0.410 e. The largest absolute Gasteiger partial charge is 0.507 e. The summed E-state index contributed by atoms with van der Waals surface area (Å²) in [5.74, 6) is -2.32. The van der Waals surface area contributed by atoms with E-state index in [1.54, 1.807) is 44.7 Å². The summed E-state index contributed by atoms with van der Waals surface area (Å²) < 4.78 is 37.8. The van der Waals surface area contributed by atoms with Crippen LogP contribution in [0.2, 0.25) is 0 Å². The molecule has 1 N–H and O–H groups in total. The fourth-order valence-corrected chi connectivity index (χ4v) is 5.83. The SMILES string of the molecule is Cc1cc(C#N)cc(C(C)C)c1-n1c(=O)nc(N2CCN(C(=O)OC(C)(C)C)C[C@@H]2C)c2cc(F)c(-c3c(O)cccc3F)nc21. The number of anilines is 1. The summed E-state index contributed by atoms with van der Waals surface area (Å²) in [6, 6.07) is 9.85. The first-order valence-electron chi connectivity index (χ1n) is 15.0. The van der Waals surface area contributed by atoms with Crippen molar-refractivity contribution in [3.05, 3.63) is 75.2 Å². The molecule has 1 saturated heterocycles. The number of amides is 1.